The minimum Gasteiger partial charge on any atom is -0.466 e. The number of aromatic nitrogens is 2. The van der Waals surface area contributed by atoms with E-state index in [1.807, 2.05) is 26.2 Å². The minimum atomic E-state index is -0.0764. The van der Waals surface area contributed by atoms with Gasteiger partial charge in [-0.3, -0.25) is 4.79 Å². The lowest BCUT2D eigenvalue weighted by molar-refractivity contribution is -0.144. The van der Waals surface area contributed by atoms with E-state index in [1.54, 1.807) is 0 Å². The smallest absolute Gasteiger partial charge is 0.306 e. The molecule has 0 aliphatic carbocycles. The summed E-state index contributed by atoms with van der Waals surface area (Å²) in [7, 11) is 0. The summed E-state index contributed by atoms with van der Waals surface area (Å²) in [5, 5.41) is 0. The highest BCUT2D eigenvalue weighted by atomic mass is 16.5. The van der Waals surface area contributed by atoms with E-state index in [9.17, 15) is 4.79 Å². The van der Waals surface area contributed by atoms with Crippen LogP contribution in [0.3, 0.4) is 0 Å². The van der Waals surface area contributed by atoms with Crippen LogP contribution in [0.5, 0.6) is 0 Å². The summed E-state index contributed by atoms with van der Waals surface area (Å²) in [6, 6.07) is 0. The number of piperidine rings is 1. The topological polar surface area (TPSA) is 55.3 Å². The summed E-state index contributed by atoms with van der Waals surface area (Å²) < 4.78 is 4.99. The van der Waals surface area contributed by atoms with Crippen molar-refractivity contribution in [1.82, 2.24) is 9.97 Å². The molecule has 1 aliphatic heterocycles. The van der Waals surface area contributed by atoms with Gasteiger partial charge in [-0.15, -0.1) is 0 Å². The molecule has 0 aromatic carbocycles. The zero-order valence-corrected chi connectivity index (χ0v) is 11.6. The second kappa shape index (κ2) is 6.50. The molecule has 1 aliphatic rings. The lowest BCUT2D eigenvalue weighted by Gasteiger charge is -2.31. The standard InChI is InChI=1S/C14H21N3O2/c1-3-19-13(18)8-12-4-6-17(7-5-12)14-15-9-11(2)10-16-14/h9-10,12H,3-8H2,1-2H3. The largest absolute Gasteiger partial charge is 0.466 e. The first-order valence-electron chi connectivity index (χ1n) is 6.88. The second-order valence-corrected chi connectivity index (χ2v) is 5.00. The molecule has 19 heavy (non-hydrogen) atoms. The van der Waals surface area contributed by atoms with Gasteiger partial charge in [0.2, 0.25) is 5.95 Å². The van der Waals surface area contributed by atoms with Gasteiger partial charge in [-0.2, -0.15) is 0 Å². The molecule has 0 N–H and O–H groups in total. The monoisotopic (exact) mass is 263 g/mol. The predicted molar refractivity (Wildman–Crippen MR) is 73.0 cm³/mol. The van der Waals surface area contributed by atoms with Crippen molar-refractivity contribution in [3.8, 4) is 0 Å². The van der Waals surface area contributed by atoms with Crippen molar-refractivity contribution in [2.75, 3.05) is 24.6 Å². The summed E-state index contributed by atoms with van der Waals surface area (Å²) >= 11 is 0. The predicted octanol–water partition coefficient (Wildman–Crippen LogP) is 1.95. The number of aryl methyl sites for hydroxylation is 1. The third-order valence-corrected chi connectivity index (χ3v) is 3.43. The normalized spacial score (nSPS) is 16.4. The summed E-state index contributed by atoms with van der Waals surface area (Å²) in [5.74, 6) is 1.15. The highest BCUT2D eigenvalue weighted by molar-refractivity contribution is 5.69. The molecule has 0 atom stereocenters. The fraction of sp³-hybridized carbons (Fsp3) is 0.643. The Balaban J connectivity index is 1.82. The van der Waals surface area contributed by atoms with E-state index < -0.39 is 0 Å². The molecule has 0 bridgehead atoms. The molecule has 1 aromatic rings. The third-order valence-electron chi connectivity index (χ3n) is 3.43. The molecule has 0 radical (unpaired) electrons. The van der Waals surface area contributed by atoms with Gasteiger partial charge in [0.05, 0.1) is 6.61 Å². The van der Waals surface area contributed by atoms with E-state index in [4.69, 9.17) is 4.74 Å². The van der Waals surface area contributed by atoms with Crippen LogP contribution in [-0.2, 0) is 9.53 Å². The van der Waals surface area contributed by atoms with Crippen LogP contribution < -0.4 is 4.90 Å². The van der Waals surface area contributed by atoms with Gasteiger partial charge in [0.1, 0.15) is 0 Å². The third kappa shape index (κ3) is 3.91. The molecule has 5 nitrogen and oxygen atoms in total. The lowest BCUT2D eigenvalue weighted by Crippen LogP contribution is -2.35. The average Bonchev–Trinajstić information content (AvgIpc) is 2.41. The van der Waals surface area contributed by atoms with E-state index in [2.05, 4.69) is 14.9 Å². The van der Waals surface area contributed by atoms with Crippen molar-refractivity contribution in [2.45, 2.75) is 33.1 Å². The van der Waals surface area contributed by atoms with Crippen molar-refractivity contribution >= 4 is 11.9 Å². The van der Waals surface area contributed by atoms with Crippen molar-refractivity contribution in [3.05, 3.63) is 18.0 Å². The second-order valence-electron chi connectivity index (χ2n) is 5.00. The number of carbonyl (C=O) groups is 1. The Hall–Kier alpha value is -1.65. The number of ether oxygens (including phenoxy) is 1. The first kappa shape index (κ1) is 13.8. The Morgan fingerprint density at radius 1 is 1.37 bits per heavy atom. The quantitative estimate of drug-likeness (QED) is 0.777. The lowest BCUT2D eigenvalue weighted by atomic mass is 9.94. The minimum absolute atomic E-state index is 0.0764. The number of anilines is 1. The summed E-state index contributed by atoms with van der Waals surface area (Å²) in [5.41, 5.74) is 1.07. The molecule has 1 saturated heterocycles. The Kier molecular flexibility index (Phi) is 4.71. The molecule has 0 amide bonds. The Bertz CT molecular complexity index is 411. The van der Waals surface area contributed by atoms with E-state index in [0.29, 0.717) is 18.9 Å². The molecule has 0 spiro atoms. The van der Waals surface area contributed by atoms with Crippen molar-refractivity contribution in [3.63, 3.8) is 0 Å². The van der Waals surface area contributed by atoms with E-state index in [1.165, 1.54) is 0 Å². The zero-order chi connectivity index (χ0) is 13.7. The number of esters is 1. The number of carbonyl (C=O) groups excluding carboxylic acids is 1. The maximum absolute atomic E-state index is 11.4. The van der Waals surface area contributed by atoms with Crippen molar-refractivity contribution in [1.29, 1.82) is 0 Å². The van der Waals surface area contributed by atoms with Crippen LogP contribution in [-0.4, -0.2) is 35.6 Å². The van der Waals surface area contributed by atoms with Crippen LogP contribution in [0.15, 0.2) is 12.4 Å². The molecule has 104 valence electrons. The van der Waals surface area contributed by atoms with Gasteiger partial charge >= 0.3 is 5.97 Å². The van der Waals surface area contributed by atoms with E-state index in [0.717, 1.165) is 37.4 Å². The fourth-order valence-corrected chi connectivity index (χ4v) is 2.34. The zero-order valence-electron chi connectivity index (χ0n) is 11.6. The summed E-state index contributed by atoms with van der Waals surface area (Å²) in [6.45, 7) is 6.11. The van der Waals surface area contributed by atoms with E-state index >= 15 is 0 Å². The molecule has 2 heterocycles. The van der Waals surface area contributed by atoms with Gasteiger partial charge in [-0.1, -0.05) is 0 Å². The van der Waals surface area contributed by atoms with Crippen LogP contribution in [0.1, 0.15) is 31.7 Å². The van der Waals surface area contributed by atoms with E-state index in [-0.39, 0.29) is 5.97 Å². The molecule has 5 heteroatoms. The van der Waals surface area contributed by atoms with Gasteiger partial charge in [0.25, 0.3) is 0 Å². The maximum Gasteiger partial charge on any atom is 0.306 e. The Morgan fingerprint density at radius 3 is 2.58 bits per heavy atom. The summed E-state index contributed by atoms with van der Waals surface area (Å²) in [4.78, 5) is 22.3. The van der Waals surface area contributed by atoms with Crippen LogP contribution in [0.2, 0.25) is 0 Å². The summed E-state index contributed by atoms with van der Waals surface area (Å²) in [6.07, 6.45) is 6.21. The molecule has 1 fully saturated rings. The average molecular weight is 263 g/mol. The van der Waals surface area contributed by atoms with Crippen LogP contribution in [0.4, 0.5) is 5.95 Å². The molecular weight excluding hydrogens is 242 g/mol. The Labute approximate surface area is 114 Å². The van der Waals surface area contributed by atoms with Gasteiger partial charge in [0, 0.05) is 31.9 Å². The van der Waals surface area contributed by atoms with Gasteiger partial charge < -0.3 is 9.64 Å². The molecule has 1 aromatic heterocycles. The number of nitrogens with zero attached hydrogens (tertiary/aromatic N) is 3. The molecule has 0 saturated carbocycles. The molecule has 2 rings (SSSR count). The Morgan fingerprint density at radius 2 is 2.00 bits per heavy atom. The molecular formula is C14H21N3O2. The van der Waals surface area contributed by atoms with Crippen molar-refractivity contribution in [2.24, 2.45) is 5.92 Å². The number of hydrogen-bond acceptors (Lipinski definition) is 5. The number of rotatable bonds is 4. The van der Waals surface area contributed by atoms with Crippen LogP contribution >= 0.6 is 0 Å². The SMILES string of the molecule is CCOC(=O)CC1CCN(c2ncc(C)cn2)CC1. The maximum atomic E-state index is 11.4. The van der Waals surface area contributed by atoms with Crippen LogP contribution in [0.25, 0.3) is 0 Å². The van der Waals surface area contributed by atoms with Crippen molar-refractivity contribution < 1.29 is 9.53 Å². The van der Waals surface area contributed by atoms with Gasteiger partial charge in [-0.05, 0) is 38.2 Å². The fourth-order valence-electron chi connectivity index (χ4n) is 2.34. The molecule has 0 unspecified atom stereocenters. The first-order valence-corrected chi connectivity index (χ1v) is 6.88. The van der Waals surface area contributed by atoms with Crippen LogP contribution in [0, 0.1) is 12.8 Å². The van der Waals surface area contributed by atoms with Gasteiger partial charge in [0.15, 0.2) is 0 Å². The first-order chi connectivity index (χ1) is 9.19. The highest BCUT2D eigenvalue weighted by Gasteiger charge is 2.23. The van der Waals surface area contributed by atoms with Gasteiger partial charge in [-0.25, -0.2) is 9.97 Å². The number of hydrogen-bond donors (Lipinski definition) is 0. The highest BCUT2D eigenvalue weighted by Crippen LogP contribution is 2.23.